The van der Waals surface area contributed by atoms with E-state index < -0.39 is 18.9 Å². The number of ether oxygens (including phenoxy) is 1. The Morgan fingerprint density at radius 1 is 1.46 bits per heavy atom. The minimum atomic E-state index is -4.40. The van der Waals surface area contributed by atoms with Gasteiger partial charge in [-0.25, -0.2) is 4.98 Å². The molecule has 132 valence electrons. The molecular formula is C13H17F3N6O2. The van der Waals surface area contributed by atoms with E-state index in [2.05, 4.69) is 20.3 Å². The first kappa shape index (κ1) is 16.7. The number of hydrogen-bond donors (Lipinski definition) is 3. The highest BCUT2D eigenvalue weighted by Gasteiger charge is 2.34. The van der Waals surface area contributed by atoms with Gasteiger partial charge >= 0.3 is 6.18 Å². The van der Waals surface area contributed by atoms with Crippen molar-refractivity contribution in [2.75, 3.05) is 24.2 Å². The second-order valence-corrected chi connectivity index (χ2v) is 5.77. The number of halogens is 3. The number of anilines is 2. The molecule has 3 unspecified atom stereocenters. The highest BCUT2D eigenvalue weighted by Crippen LogP contribution is 2.36. The second-order valence-electron chi connectivity index (χ2n) is 5.77. The van der Waals surface area contributed by atoms with Crippen LogP contribution in [0.15, 0.2) is 6.33 Å². The Hall–Kier alpha value is -2.14. The van der Waals surface area contributed by atoms with Crippen LogP contribution in [0.1, 0.15) is 19.6 Å². The van der Waals surface area contributed by atoms with Crippen molar-refractivity contribution in [1.29, 1.82) is 0 Å². The van der Waals surface area contributed by atoms with Gasteiger partial charge in [0.1, 0.15) is 12.8 Å². The third-order valence-electron chi connectivity index (χ3n) is 3.83. The summed E-state index contributed by atoms with van der Waals surface area (Å²) in [4.78, 5) is 12.0. The highest BCUT2D eigenvalue weighted by molar-refractivity contribution is 5.84. The summed E-state index contributed by atoms with van der Waals surface area (Å²) in [6.45, 7) is 0.580. The average Bonchev–Trinajstić information content (AvgIpc) is 3.07. The third-order valence-corrected chi connectivity index (χ3v) is 3.83. The molecule has 3 rings (SSSR count). The van der Waals surface area contributed by atoms with Crippen molar-refractivity contribution < 1.29 is 23.0 Å². The van der Waals surface area contributed by atoms with Gasteiger partial charge in [-0.05, 0) is 6.42 Å². The van der Waals surface area contributed by atoms with Gasteiger partial charge in [0.25, 0.3) is 0 Å². The molecule has 0 radical (unpaired) electrons. The lowest BCUT2D eigenvalue weighted by Gasteiger charge is -2.17. The van der Waals surface area contributed by atoms with Crippen molar-refractivity contribution in [3.8, 4) is 0 Å². The van der Waals surface area contributed by atoms with E-state index in [9.17, 15) is 18.3 Å². The highest BCUT2D eigenvalue weighted by atomic mass is 19.4. The number of hydrogen-bond acceptors (Lipinski definition) is 7. The molecule has 24 heavy (non-hydrogen) atoms. The number of nitrogen functional groups attached to an aromatic ring is 1. The Bertz CT molecular complexity index is 734. The summed E-state index contributed by atoms with van der Waals surface area (Å²) in [5.74, 6) is -0.182. The average molecular weight is 346 g/mol. The van der Waals surface area contributed by atoms with Crippen LogP contribution in [0.2, 0.25) is 0 Å². The van der Waals surface area contributed by atoms with E-state index in [0.717, 1.165) is 0 Å². The zero-order valence-electron chi connectivity index (χ0n) is 12.8. The number of nitrogens with zero attached hydrogens (tertiary/aromatic N) is 4. The van der Waals surface area contributed by atoms with Gasteiger partial charge in [-0.1, -0.05) is 6.92 Å². The molecule has 11 heteroatoms. The van der Waals surface area contributed by atoms with Crippen molar-refractivity contribution >= 4 is 22.9 Å². The molecule has 1 fully saturated rings. The van der Waals surface area contributed by atoms with Gasteiger partial charge in [0.2, 0.25) is 5.95 Å². The molecule has 1 aliphatic rings. The molecular weight excluding hydrogens is 329 g/mol. The Balaban J connectivity index is 1.96. The maximum Gasteiger partial charge on any atom is 0.405 e. The summed E-state index contributed by atoms with van der Waals surface area (Å²) in [5.41, 5.74) is 6.07. The van der Waals surface area contributed by atoms with Crippen molar-refractivity contribution in [3.63, 3.8) is 0 Å². The molecule has 0 aliphatic carbocycles. The van der Waals surface area contributed by atoms with Crippen LogP contribution in [0, 0.1) is 5.92 Å². The number of aromatic nitrogens is 4. The zero-order valence-corrected chi connectivity index (χ0v) is 12.8. The van der Waals surface area contributed by atoms with E-state index in [1.807, 2.05) is 6.92 Å². The number of nitrogens with two attached hydrogens (primary N) is 1. The SMILES string of the molecule is CC1CC(CO)OC1n1cnc2c(NCC(F)(F)F)nc(N)nc21. The number of rotatable bonds is 4. The van der Waals surface area contributed by atoms with Gasteiger partial charge in [0, 0.05) is 5.92 Å². The fourth-order valence-electron chi connectivity index (χ4n) is 2.80. The Morgan fingerprint density at radius 3 is 2.83 bits per heavy atom. The Morgan fingerprint density at radius 2 is 2.21 bits per heavy atom. The van der Waals surface area contributed by atoms with Crippen LogP contribution in [0.25, 0.3) is 11.2 Å². The first-order valence-corrected chi connectivity index (χ1v) is 7.35. The number of aliphatic hydroxyl groups excluding tert-OH is 1. The summed E-state index contributed by atoms with van der Waals surface area (Å²) >= 11 is 0. The predicted molar refractivity (Wildman–Crippen MR) is 79.1 cm³/mol. The zero-order chi connectivity index (χ0) is 17.5. The number of aliphatic hydroxyl groups is 1. The predicted octanol–water partition coefficient (Wildman–Crippen LogP) is 1.30. The van der Waals surface area contributed by atoms with Gasteiger partial charge in [-0.3, -0.25) is 4.57 Å². The fourth-order valence-corrected chi connectivity index (χ4v) is 2.80. The Kier molecular flexibility index (Phi) is 4.22. The lowest BCUT2D eigenvalue weighted by Crippen LogP contribution is -2.22. The topological polar surface area (TPSA) is 111 Å². The van der Waals surface area contributed by atoms with Crippen LogP contribution >= 0.6 is 0 Å². The summed E-state index contributed by atoms with van der Waals surface area (Å²) in [7, 11) is 0. The van der Waals surface area contributed by atoms with Crippen molar-refractivity contribution in [1.82, 2.24) is 19.5 Å². The first-order chi connectivity index (χ1) is 11.3. The van der Waals surface area contributed by atoms with Gasteiger partial charge in [0.05, 0.1) is 19.0 Å². The monoisotopic (exact) mass is 346 g/mol. The molecule has 0 saturated carbocycles. The molecule has 2 aromatic rings. The quantitative estimate of drug-likeness (QED) is 0.765. The summed E-state index contributed by atoms with van der Waals surface area (Å²) in [6, 6.07) is 0. The largest absolute Gasteiger partial charge is 0.405 e. The van der Waals surface area contributed by atoms with E-state index in [0.29, 0.717) is 6.42 Å². The summed E-state index contributed by atoms with van der Waals surface area (Å²) in [5, 5.41) is 11.4. The van der Waals surface area contributed by atoms with Gasteiger partial charge in [0.15, 0.2) is 17.0 Å². The van der Waals surface area contributed by atoms with Gasteiger partial charge in [-0.2, -0.15) is 23.1 Å². The molecule has 2 aromatic heterocycles. The van der Waals surface area contributed by atoms with Crippen molar-refractivity contribution in [2.24, 2.45) is 5.92 Å². The van der Waals surface area contributed by atoms with Crippen molar-refractivity contribution in [3.05, 3.63) is 6.33 Å². The van der Waals surface area contributed by atoms with Crippen LogP contribution in [-0.2, 0) is 4.74 Å². The van der Waals surface area contributed by atoms with E-state index in [1.54, 1.807) is 4.57 Å². The van der Waals surface area contributed by atoms with E-state index in [4.69, 9.17) is 10.5 Å². The summed E-state index contributed by atoms with van der Waals surface area (Å²) < 4.78 is 44.6. The summed E-state index contributed by atoms with van der Waals surface area (Å²) in [6.07, 6.45) is -3.05. The molecule has 8 nitrogen and oxygen atoms in total. The standard InChI is InChI=1S/C13H17F3N6O2/c1-6-2-7(3-23)24-11(6)22-5-19-8-9(18-4-13(14,15)16)20-12(17)21-10(8)22/h5-7,11,23H,2-4H2,1H3,(H3,17,18,20,21). The molecule has 1 aliphatic heterocycles. The fraction of sp³-hybridized carbons (Fsp3) is 0.615. The molecule has 0 aromatic carbocycles. The first-order valence-electron chi connectivity index (χ1n) is 7.35. The van der Waals surface area contributed by atoms with Crippen molar-refractivity contribution in [2.45, 2.75) is 31.9 Å². The van der Waals surface area contributed by atoms with Crippen LogP contribution in [-0.4, -0.2) is 50.1 Å². The minimum absolute atomic E-state index is 0.0716. The van der Waals surface area contributed by atoms with Crippen LogP contribution in [0.5, 0.6) is 0 Å². The molecule has 4 N–H and O–H groups in total. The molecule has 0 amide bonds. The number of alkyl halides is 3. The van der Waals surface area contributed by atoms with E-state index in [1.165, 1.54) is 6.33 Å². The van der Waals surface area contributed by atoms with Gasteiger partial charge < -0.3 is 20.9 Å². The van der Waals surface area contributed by atoms with Crippen LogP contribution in [0.4, 0.5) is 24.9 Å². The number of nitrogens with one attached hydrogen (secondary N) is 1. The minimum Gasteiger partial charge on any atom is -0.394 e. The van der Waals surface area contributed by atoms with Crippen LogP contribution < -0.4 is 11.1 Å². The lowest BCUT2D eigenvalue weighted by atomic mass is 10.1. The maximum atomic E-state index is 12.4. The lowest BCUT2D eigenvalue weighted by molar-refractivity contribution is -0.115. The normalized spacial score (nSPS) is 24.6. The Labute approximate surface area is 134 Å². The van der Waals surface area contributed by atoms with Crippen LogP contribution in [0.3, 0.4) is 0 Å². The smallest absolute Gasteiger partial charge is 0.394 e. The number of fused-ring (bicyclic) bond motifs is 1. The van der Waals surface area contributed by atoms with E-state index >= 15 is 0 Å². The number of imidazole rings is 1. The maximum absolute atomic E-state index is 12.4. The molecule has 0 spiro atoms. The molecule has 0 bridgehead atoms. The third kappa shape index (κ3) is 3.22. The molecule has 1 saturated heterocycles. The molecule has 3 atom stereocenters. The van der Waals surface area contributed by atoms with E-state index in [-0.39, 0.29) is 41.6 Å². The van der Waals surface area contributed by atoms with Gasteiger partial charge in [-0.15, -0.1) is 0 Å². The second kappa shape index (κ2) is 6.06. The molecule has 3 heterocycles.